The van der Waals surface area contributed by atoms with Crippen LogP contribution in [0.15, 0.2) is 23.1 Å². The number of benzene rings is 1. The van der Waals surface area contributed by atoms with Gasteiger partial charge in [-0.25, -0.2) is 4.39 Å². The smallest absolute Gasteiger partial charge is 0.257 e. The van der Waals surface area contributed by atoms with Gasteiger partial charge in [0.25, 0.3) is 5.91 Å². The second-order valence-corrected chi connectivity index (χ2v) is 4.98. The topological polar surface area (TPSA) is 38.8 Å². The first-order valence-corrected chi connectivity index (χ1v) is 6.73. The summed E-state index contributed by atoms with van der Waals surface area (Å²) in [5, 5.41) is 0. The Labute approximate surface area is 124 Å². The third kappa shape index (κ3) is 4.47. The molecule has 0 aliphatic heterocycles. The number of halogens is 1. The van der Waals surface area contributed by atoms with Crippen molar-refractivity contribution in [3.05, 3.63) is 29.6 Å². The molecule has 4 nitrogen and oxygen atoms in total. The average molecular weight is 301 g/mol. The van der Waals surface area contributed by atoms with Gasteiger partial charge in [-0.2, -0.15) is 0 Å². The molecule has 0 aliphatic rings. The summed E-state index contributed by atoms with van der Waals surface area (Å²) in [5.41, 5.74) is 0.0107. The summed E-state index contributed by atoms with van der Waals surface area (Å²) in [6.07, 6.45) is 0. The van der Waals surface area contributed by atoms with Crippen LogP contribution >= 0.6 is 12.6 Å². The van der Waals surface area contributed by atoms with Gasteiger partial charge in [0, 0.05) is 25.7 Å². The SMILES string of the molecule is COCCN(C(=O)c1cc(S)ccc1F)C(C)COC. The van der Waals surface area contributed by atoms with Crippen LogP contribution in [-0.4, -0.2) is 50.8 Å². The Morgan fingerprint density at radius 1 is 1.40 bits per heavy atom. The summed E-state index contributed by atoms with van der Waals surface area (Å²) < 4.78 is 23.9. The third-order valence-corrected chi connectivity index (χ3v) is 3.20. The Balaban J connectivity index is 2.99. The van der Waals surface area contributed by atoms with Gasteiger partial charge >= 0.3 is 0 Å². The number of nitrogens with zero attached hydrogens (tertiary/aromatic N) is 1. The predicted octanol–water partition coefficient (Wildman–Crippen LogP) is 2.24. The van der Waals surface area contributed by atoms with E-state index in [1.165, 1.54) is 18.2 Å². The van der Waals surface area contributed by atoms with Crippen molar-refractivity contribution in [2.45, 2.75) is 17.9 Å². The van der Waals surface area contributed by atoms with Crippen LogP contribution in [0.3, 0.4) is 0 Å². The van der Waals surface area contributed by atoms with E-state index >= 15 is 0 Å². The molecule has 6 heteroatoms. The molecule has 1 unspecified atom stereocenters. The molecule has 0 heterocycles. The maximum Gasteiger partial charge on any atom is 0.257 e. The molecule has 0 radical (unpaired) electrons. The fourth-order valence-electron chi connectivity index (χ4n) is 1.87. The van der Waals surface area contributed by atoms with Gasteiger partial charge in [-0.3, -0.25) is 4.79 Å². The molecule has 1 aromatic carbocycles. The largest absolute Gasteiger partial charge is 0.383 e. The highest BCUT2D eigenvalue weighted by molar-refractivity contribution is 7.80. The minimum absolute atomic E-state index is 0.0107. The van der Waals surface area contributed by atoms with Crippen LogP contribution in [0.1, 0.15) is 17.3 Å². The number of amides is 1. The summed E-state index contributed by atoms with van der Waals surface area (Å²) in [6, 6.07) is 4.00. The van der Waals surface area contributed by atoms with Crippen LogP contribution in [0, 0.1) is 5.82 Å². The van der Waals surface area contributed by atoms with Crippen LogP contribution in [-0.2, 0) is 9.47 Å². The van der Waals surface area contributed by atoms with E-state index in [0.717, 1.165) is 0 Å². The van der Waals surface area contributed by atoms with Gasteiger partial charge < -0.3 is 14.4 Å². The van der Waals surface area contributed by atoms with Gasteiger partial charge in [-0.1, -0.05) is 0 Å². The number of hydrogen-bond acceptors (Lipinski definition) is 4. The number of carbonyl (C=O) groups excluding carboxylic acids is 1. The fraction of sp³-hybridized carbons (Fsp3) is 0.500. The summed E-state index contributed by atoms with van der Waals surface area (Å²) in [4.78, 5) is 14.6. The molecule has 0 spiro atoms. The number of hydrogen-bond donors (Lipinski definition) is 1. The van der Waals surface area contributed by atoms with Crippen molar-refractivity contribution in [3.8, 4) is 0 Å². The van der Waals surface area contributed by atoms with E-state index in [1.807, 2.05) is 6.92 Å². The Hall–Kier alpha value is -1.11. The zero-order valence-electron chi connectivity index (χ0n) is 11.9. The van der Waals surface area contributed by atoms with E-state index in [1.54, 1.807) is 19.1 Å². The van der Waals surface area contributed by atoms with E-state index < -0.39 is 5.82 Å². The molecule has 0 N–H and O–H groups in total. The standard InChI is InChI=1S/C14H20FNO3S/c1-10(9-19-3)16(6-7-18-2)14(17)12-8-11(20)4-5-13(12)15/h4-5,8,10,20H,6-7,9H2,1-3H3. The first kappa shape index (κ1) is 16.9. The van der Waals surface area contributed by atoms with Crippen LogP contribution in [0.2, 0.25) is 0 Å². The maximum atomic E-state index is 13.8. The summed E-state index contributed by atoms with van der Waals surface area (Å²) >= 11 is 4.14. The van der Waals surface area contributed by atoms with E-state index in [4.69, 9.17) is 9.47 Å². The highest BCUT2D eigenvalue weighted by Crippen LogP contribution is 2.17. The molecule has 0 fully saturated rings. The van der Waals surface area contributed by atoms with E-state index in [2.05, 4.69) is 12.6 Å². The third-order valence-electron chi connectivity index (χ3n) is 2.92. The molecule has 1 aromatic rings. The molecule has 0 aromatic heterocycles. The highest BCUT2D eigenvalue weighted by atomic mass is 32.1. The molecule has 0 saturated carbocycles. The van der Waals surface area contributed by atoms with Crippen LogP contribution < -0.4 is 0 Å². The van der Waals surface area contributed by atoms with Gasteiger partial charge in [0.15, 0.2) is 0 Å². The highest BCUT2D eigenvalue weighted by Gasteiger charge is 2.23. The lowest BCUT2D eigenvalue weighted by atomic mass is 10.1. The number of carbonyl (C=O) groups is 1. The molecule has 1 amide bonds. The molecule has 0 bridgehead atoms. The first-order valence-electron chi connectivity index (χ1n) is 6.28. The number of ether oxygens (including phenoxy) is 2. The summed E-state index contributed by atoms with van der Waals surface area (Å²) in [7, 11) is 3.11. The molecule has 0 aliphatic carbocycles. The van der Waals surface area contributed by atoms with Crippen molar-refractivity contribution in [1.29, 1.82) is 0 Å². The van der Waals surface area contributed by atoms with E-state index in [9.17, 15) is 9.18 Å². The lowest BCUT2D eigenvalue weighted by molar-refractivity contribution is 0.0475. The van der Waals surface area contributed by atoms with Crippen molar-refractivity contribution in [2.75, 3.05) is 34.0 Å². The molecule has 1 atom stereocenters. The van der Waals surface area contributed by atoms with Crippen LogP contribution in [0.25, 0.3) is 0 Å². The number of methoxy groups -OCH3 is 2. The van der Waals surface area contributed by atoms with E-state index in [-0.39, 0.29) is 17.5 Å². The monoisotopic (exact) mass is 301 g/mol. The second kappa shape index (κ2) is 8.24. The Morgan fingerprint density at radius 2 is 2.10 bits per heavy atom. The maximum absolute atomic E-state index is 13.8. The molecule has 112 valence electrons. The van der Waals surface area contributed by atoms with Gasteiger partial charge in [-0.15, -0.1) is 12.6 Å². The lowest BCUT2D eigenvalue weighted by Gasteiger charge is -2.29. The summed E-state index contributed by atoms with van der Waals surface area (Å²) in [6.45, 7) is 2.97. The molecular weight excluding hydrogens is 281 g/mol. The minimum atomic E-state index is -0.556. The van der Waals surface area contributed by atoms with Crippen molar-refractivity contribution < 1.29 is 18.7 Å². The zero-order valence-corrected chi connectivity index (χ0v) is 12.8. The average Bonchev–Trinajstić information content (AvgIpc) is 2.42. The predicted molar refractivity (Wildman–Crippen MR) is 77.9 cm³/mol. The fourth-order valence-corrected chi connectivity index (χ4v) is 2.08. The lowest BCUT2D eigenvalue weighted by Crippen LogP contribution is -2.43. The Kier molecular flexibility index (Phi) is 6.98. The molecule has 20 heavy (non-hydrogen) atoms. The molecular formula is C14H20FNO3S. The van der Waals surface area contributed by atoms with Crippen molar-refractivity contribution in [3.63, 3.8) is 0 Å². The minimum Gasteiger partial charge on any atom is -0.383 e. The molecule has 1 rings (SSSR count). The molecule has 0 saturated heterocycles. The Bertz CT molecular complexity index is 456. The normalized spacial score (nSPS) is 12.2. The number of rotatable bonds is 7. The van der Waals surface area contributed by atoms with Gasteiger partial charge in [-0.05, 0) is 25.1 Å². The summed E-state index contributed by atoms with van der Waals surface area (Å²) in [5.74, 6) is -0.945. The first-order chi connectivity index (χ1) is 9.51. The zero-order chi connectivity index (χ0) is 15.1. The van der Waals surface area contributed by atoms with Crippen molar-refractivity contribution in [2.24, 2.45) is 0 Å². The quantitative estimate of drug-likeness (QED) is 0.785. The van der Waals surface area contributed by atoms with Gasteiger partial charge in [0.1, 0.15) is 5.82 Å². The van der Waals surface area contributed by atoms with Crippen LogP contribution in [0.4, 0.5) is 4.39 Å². The number of thiol groups is 1. The van der Waals surface area contributed by atoms with Crippen molar-refractivity contribution >= 4 is 18.5 Å². The van der Waals surface area contributed by atoms with Crippen LogP contribution in [0.5, 0.6) is 0 Å². The van der Waals surface area contributed by atoms with Gasteiger partial charge in [0.2, 0.25) is 0 Å². The van der Waals surface area contributed by atoms with Gasteiger partial charge in [0.05, 0.1) is 24.8 Å². The van der Waals surface area contributed by atoms with E-state index in [0.29, 0.717) is 24.7 Å². The Morgan fingerprint density at radius 3 is 2.70 bits per heavy atom. The second-order valence-electron chi connectivity index (χ2n) is 4.46. The van der Waals surface area contributed by atoms with Crippen molar-refractivity contribution in [1.82, 2.24) is 4.90 Å².